The van der Waals surface area contributed by atoms with Crippen LogP contribution in [0.5, 0.6) is 0 Å². The number of benzene rings is 2. The number of nitrogen functional groups attached to an aromatic ring is 2. The fraction of sp³-hybridized carbons (Fsp3) is 0. The van der Waals surface area contributed by atoms with E-state index in [2.05, 4.69) is 4.98 Å². The Morgan fingerprint density at radius 1 is 1.00 bits per heavy atom. The van der Waals surface area contributed by atoms with Crippen molar-refractivity contribution in [1.29, 1.82) is 0 Å². The van der Waals surface area contributed by atoms with E-state index in [1.807, 2.05) is 24.3 Å². The summed E-state index contributed by atoms with van der Waals surface area (Å²) >= 11 is 0. The van der Waals surface area contributed by atoms with Crippen molar-refractivity contribution in [3.8, 4) is 0 Å². The minimum Gasteiger partial charge on any atom is -0.399 e. The van der Waals surface area contributed by atoms with Crippen LogP contribution >= 0.6 is 0 Å². The average Bonchev–Trinajstić information content (AvgIpc) is 2.80. The number of rotatable bonds is 2. The molecule has 4 heteroatoms. The van der Waals surface area contributed by atoms with E-state index in [0.29, 0.717) is 22.5 Å². The van der Waals surface area contributed by atoms with Gasteiger partial charge in [-0.1, -0.05) is 18.2 Å². The Kier molecular flexibility index (Phi) is 2.49. The molecular formula is C15H13N3O. The molecule has 0 aliphatic carbocycles. The number of nitrogens with two attached hydrogens (primary N) is 2. The Bertz CT molecular complexity index is 754. The predicted molar refractivity (Wildman–Crippen MR) is 77.0 cm³/mol. The van der Waals surface area contributed by atoms with Crippen molar-refractivity contribution in [1.82, 2.24) is 4.98 Å². The Labute approximate surface area is 110 Å². The van der Waals surface area contributed by atoms with Crippen LogP contribution in [0, 0.1) is 0 Å². The third kappa shape index (κ3) is 1.93. The fourth-order valence-corrected chi connectivity index (χ4v) is 2.22. The van der Waals surface area contributed by atoms with Gasteiger partial charge >= 0.3 is 0 Å². The smallest absolute Gasteiger partial charge is 0.195 e. The minimum atomic E-state index is -0.0866. The molecule has 0 bridgehead atoms. The standard InChI is InChI=1S/C15H13N3O/c16-10-5-9(6-11(17)7-10)15(19)13-8-18-14-4-2-1-3-12(13)14/h1-8,18H,16-17H2. The van der Waals surface area contributed by atoms with Gasteiger partial charge in [0.2, 0.25) is 0 Å². The number of fused-ring (bicyclic) bond motifs is 1. The van der Waals surface area contributed by atoms with Gasteiger partial charge in [-0.15, -0.1) is 0 Å². The summed E-state index contributed by atoms with van der Waals surface area (Å²) in [6.45, 7) is 0. The highest BCUT2D eigenvalue weighted by molar-refractivity contribution is 6.16. The molecule has 0 aliphatic rings. The van der Waals surface area contributed by atoms with Crippen LogP contribution in [0.25, 0.3) is 10.9 Å². The molecule has 1 heterocycles. The molecule has 2 aromatic carbocycles. The van der Waals surface area contributed by atoms with Crippen LogP contribution in [0.2, 0.25) is 0 Å². The van der Waals surface area contributed by atoms with Crippen LogP contribution in [0.4, 0.5) is 11.4 Å². The molecule has 0 radical (unpaired) electrons. The number of para-hydroxylation sites is 1. The van der Waals surface area contributed by atoms with Gasteiger partial charge in [-0.25, -0.2) is 0 Å². The number of aromatic amines is 1. The van der Waals surface area contributed by atoms with Gasteiger partial charge in [-0.05, 0) is 24.3 Å². The first kappa shape index (κ1) is 11.3. The molecule has 94 valence electrons. The van der Waals surface area contributed by atoms with Gasteiger partial charge in [-0.2, -0.15) is 0 Å². The maximum absolute atomic E-state index is 12.5. The van der Waals surface area contributed by atoms with Crippen molar-refractivity contribution in [3.63, 3.8) is 0 Å². The van der Waals surface area contributed by atoms with Gasteiger partial charge in [0, 0.05) is 39.6 Å². The van der Waals surface area contributed by atoms with E-state index in [1.165, 1.54) is 0 Å². The number of aromatic nitrogens is 1. The summed E-state index contributed by atoms with van der Waals surface area (Å²) in [5.74, 6) is -0.0866. The van der Waals surface area contributed by atoms with Crippen LogP contribution in [0.15, 0.2) is 48.7 Å². The van der Waals surface area contributed by atoms with Crippen molar-refractivity contribution in [2.45, 2.75) is 0 Å². The lowest BCUT2D eigenvalue weighted by Crippen LogP contribution is -2.03. The van der Waals surface area contributed by atoms with E-state index in [0.717, 1.165) is 10.9 Å². The third-order valence-electron chi connectivity index (χ3n) is 3.07. The summed E-state index contributed by atoms with van der Waals surface area (Å²) in [7, 11) is 0. The predicted octanol–water partition coefficient (Wildman–Crippen LogP) is 2.56. The third-order valence-corrected chi connectivity index (χ3v) is 3.07. The molecule has 0 saturated heterocycles. The fourth-order valence-electron chi connectivity index (χ4n) is 2.22. The van der Waals surface area contributed by atoms with E-state index in [9.17, 15) is 4.79 Å². The van der Waals surface area contributed by atoms with Gasteiger partial charge in [0.25, 0.3) is 0 Å². The Morgan fingerprint density at radius 3 is 2.42 bits per heavy atom. The molecular weight excluding hydrogens is 238 g/mol. The summed E-state index contributed by atoms with van der Waals surface area (Å²) < 4.78 is 0. The second-order valence-electron chi connectivity index (χ2n) is 4.47. The lowest BCUT2D eigenvalue weighted by molar-refractivity contribution is 0.104. The van der Waals surface area contributed by atoms with Gasteiger partial charge in [0.05, 0.1) is 0 Å². The number of ketones is 1. The molecule has 19 heavy (non-hydrogen) atoms. The quantitative estimate of drug-likeness (QED) is 0.483. The summed E-state index contributed by atoms with van der Waals surface area (Å²) in [6.07, 6.45) is 1.71. The van der Waals surface area contributed by atoms with E-state index in [-0.39, 0.29) is 5.78 Å². The largest absolute Gasteiger partial charge is 0.399 e. The summed E-state index contributed by atoms with van der Waals surface area (Å²) in [4.78, 5) is 15.6. The van der Waals surface area contributed by atoms with Crippen molar-refractivity contribution in [3.05, 3.63) is 59.8 Å². The van der Waals surface area contributed by atoms with Crippen LogP contribution in [-0.2, 0) is 0 Å². The Morgan fingerprint density at radius 2 is 1.68 bits per heavy atom. The highest BCUT2D eigenvalue weighted by atomic mass is 16.1. The monoisotopic (exact) mass is 251 g/mol. The molecule has 0 unspecified atom stereocenters. The lowest BCUT2D eigenvalue weighted by Gasteiger charge is -2.03. The first-order valence-corrected chi connectivity index (χ1v) is 5.92. The lowest BCUT2D eigenvalue weighted by atomic mass is 10.0. The van der Waals surface area contributed by atoms with Gasteiger partial charge < -0.3 is 16.5 Å². The molecule has 4 nitrogen and oxygen atoms in total. The number of carbonyl (C=O) groups excluding carboxylic acids is 1. The van der Waals surface area contributed by atoms with Crippen LogP contribution in [0.3, 0.4) is 0 Å². The molecule has 0 fully saturated rings. The number of H-pyrrole nitrogens is 1. The van der Waals surface area contributed by atoms with E-state index < -0.39 is 0 Å². The van der Waals surface area contributed by atoms with Crippen LogP contribution < -0.4 is 11.5 Å². The SMILES string of the molecule is Nc1cc(N)cc(C(=O)c2c[nH]c3ccccc23)c1. The van der Waals surface area contributed by atoms with Crippen molar-refractivity contribution < 1.29 is 4.79 Å². The molecule has 0 saturated carbocycles. The average molecular weight is 251 g/mol. The first-order chi connectivity index (χ1) is 9.15. The molecule has 3 rings (SSSR count). The zero-order valence-corrected chi connectivity index (χ0v) is 10.2. The molecule has 3 aromatic rings. The van der Waals surface area contributed by atoms with Gasteiger partial charge in [0.1, 0.15) is 0 Å². The number of nitrogens with one attached hydrogen (secondary N) is 1. The highest BCUT2D eigenvalue weighted by Crippen LogP contribution is 2.23. The number of hydrogen-bond acceptors (Lipinski definition) is 3. The molecule has 0 aliphatic heterocycles. The number of carbonyl (C=O) groups is 1. The van der Waals surface area contributed by atoms with Gasteiger partial charge in [-0.3, -0.25) is 4.79 Å². The minimum absolute atomic E-state index is 0.0866. The normalized spacial score (nSPS) is 10.7. The van der Waals surface area contributed by atoms with Crippen LogP contribution in [-0.4, -0.2) is 10.8 Å². The zero-order valence-electron chi connectivity index (χ0n) is 10.2. The van der Waals surface area contributed by atoms with E-state index in [4.69, 9.17) is 11.5 Å². The molecule has 0 amide bonds. The number of anilines is 2. The van der Waals surface area contributed by atoms with Crippen molar-refractivity contribution in [2.24, 2.45) is 0 Å². The topological polar surface area (TPSA) is 84.9 Å². The van der Waals surface area contributed by atoms with E-state index in [1.54, 1.807) is 24.4 Å². The Hall–Kier alpha value is -2.75. The maximum Gasteiger partial charge on any atom is 0.195 e. The van der Waals surface area contributed by atoms with Crippen LogP contribution in [0.1, 0.15) is 15.9 Å². The summed E-state index contributed by atoms with van der Waals surface area (Å²) in [5.41, 5.74) is 14.5. The van der Waals surface area contributed by atoms with Crippen molar-refractivity contribution >= 4 is 28.1 Å². The molecule has 5 N–H and O–H groups in total. The summed E-state index contributed by atoms with van der Waals surface area (Å²) in [6, 6.07) is 12.6. The zero-order chi connectivity index (χ0) is 13.4. The summed E-state index contributed by atoms with van der Waals surface area (Å²) in [5, 5.41) is 0.897. The Balaban J connectivity index is 2.13. The van der Waals surface area contributed by atoms with Crippen molar-refractivity contribution in [2.75, 3.05) is 11.5 Å². The second kappa shape index (κ2) is 4.17. The number of hydrogen-bond donors (Lipinski definition) is 3. The second-order valence-corrected chi connectivity index (χ2v) is 4.47. The molecule has 1 aromatic heterocycles. The maximum atomic E-state index is 12.5. The van der Waals surface area contributed by atoms with E-state index >= 15 is 0 Å². The highest BCUT2D eigenvalue weighted by Gasteiger charge is 2.14. The molecule has 0 atom stereocenters. The first-order valence-electron chi connectivity index (χ1n) is 5.92. The molecule has 0 spiro atoms. The van der Waals surface area contributed by atoms with Gasteiger partial charge in [0.15, 0.2) is 5.78 Å².